The van der Waals surface area contributed by atoms with E-state index in [2.05, 4.69) is 0 Å². The van der Waals surface area contributed by atoms with Crippen LogP contribution in [0.15, 0.2) is 48.1 Å². The van der Waals surface area contributed by atoms with Gasteiger partial charge in [-0.2, -0.15) is 0 Å². The van der Waals surface area contributed by atoms with Crippen molar-refractivity contribution in [3.63, 3.8) is 0 Å². The molecular weight excluding hydrogens is 504 g/mol. The number of anilines is 1. The lowest BCUT2D eigenvalue weighted by molar-refractivity contribution is -0.202. The van der Waals surface area contributed by atoms with Crippen LogP contribution in [-0.4, -0.2) is 58.1 Å². The predicted molar refractivity (Wildman–Crippen MR) is 134 cm³/mol. The predicted octanol–water partition coefficient (Wildman–Crippen LogP) is 4.26. The van der Waals surface area contributed by atoms with Crippen LogP contribution < -0.4 is 5.06 Å². The summed E-state index contributed by atoms with van der Waals surface area (Å²) in [5, 5.41) is 33.5. The first-order valence-electron chi connectivity index (χ1n) is 12.7. The zero-order chi connectivity index (χ0) is 26.9. The number of nitrogens with zero attached hydrogens (tertiary/aromatic N) is 1. The zero-order valence-corrected chi connectivity index (χ0v) is 21.5. The summed E-state index contributed by atoms with van der Waals surface area (Å²) in [6, 6.07) is 6.58. The minimum atomic E-state index is -2.25. The summed E-state index contributed by atoms with van der Waals surface area (Å²) in [5.74, 6) is -3.56. The number of allylic oxidation sites excluding steroid dienone is 4. The van der Waals surface area contributed by atoms with E-state index in [1.807, 2.05) is 0 Å². The molecule has 0 aromatic heterocycles. The molecular formula is C28H32ClF2NO5. The van der Waals surface area contributed by atoms with Crippen LogP contribution in [0, 0.1) is 34.5 Å². The number of hydroxylamine groups is 1. The van der Waals surface area contributed by atoms with Crippen molar-refractivity contribution in [3.05, 3.63) is 53.1 Å². The second-order valence-corrected chi connectivity index (χ2v) is 12.0. The number of fused-ring (bicyclic) bond motifs is 5. The summed E-state index contributed by atoms with van der Waals surface area (Å²) in [5.41, 5.74) is -4.23. The summed E-state index contributed by atoms with van der Waals surface area (Å²) < 4.78 is 32.9. The standard InChI is InChI=1S/C28H32ClF2NO5/c1-26-12-24(36)28(31)20(11-22(30)21-10-18(34)6-7-27(21,28)2)19(26)8-15(25(26)23(35)14-33)13-32(37)17-5-3-4-16(29)9-17/h3-7,9-10,15,19-20,22,24-25,33,36-37H,8,11-14H2,1-2H3/t15-,19?,20-,22-,24-,25+,26-,27-,28-/m0/s1. The van der Waals surface area contributed by atoms with E-state index >= 15 is 8.78 Å². The van der Waals surface area contributed by atoms with Crippen LogP contribution >= 0.6 is 11.6 Å². The highest BCUT2D eigenvalue weighted by atomic mass is 35.5. The third-order valence-corrected chi connectivity index (χ3v) is 10.1. The molecule has 1 aromatic rings. The zero-order valence-electron chi connectivity index (χ0n) is 20.8. The van der Waals surface area contributed by atoms with Crippen LogP contribution in [0.4, 0.5) is 14.5 Å². The number of halogens is 3. The molecule has 5 rings (SSSR count). The van der Waals surface area contributed by atoms with Gasteiger partial charge in [-0.15, -0.1) is 0 Å². The molecule has 0 aliphatic heterocycles. The van der Waals surface area contributed by atoms with Gasteiger partial charge in [-0.3, -0.25) is 19.9 Å². The molecule has 1 unspecified atom stereocenters. The molecule has 9 atom stereocenters. The number of rotatable bonds is 5. The Morgan fingerprint density at radius 2 is 1.97 bits per heavy atom. The van der Waals surface area contributed by atoms with Crippen LogP contribution in [0.2, 0.25) is 5.02 Å². The van der Waals surface area contributed by atoms with Crippen LogP contribution in [-0.2, 0) is 9.59 Å². The molecule has 0 radical (unpaired) electrons. The molecule has 6 nitrogen and oxygen atoms in total. The Morgan fingerprint density at radius 1 is 1.24 bits per heavy atom. The maximum atomic E-state index is 17.3. The van der Waals surface area contributed by atoms with Crippen LogP contribution in [0.5, 0.6) is 0 Å². The monoisotopic (exact) mass is 535 g/mol. The van der Waals surface area contributed by atoms with E-state index in [1.165, 1.54) is 19.1 Å². The lowest BCUT2D eigenvalue weighted by Crippen LogP contribution is -2.68. The number of benzene rings is 1. The van der Waals surface area contributed by atoms with E-state index in [0.717, 1.165) is 11.1 Å². The van der Waals surface area contributed by atoms with Crippen molar-refractivity contribution in [2.45, 2.75) is 51.1 Å². The van der Waals surface area contributed by atoms with E-state index in [4.69, 9.17) is 11.6 Å². The smallest absolute Gasteiger partial charge is 0.178 e. The van der Waals surface area contributed by atoms with Crippen LogP contribution in [0.3, 0.4) is 0 Å². The molecule has 200 valence electrons. The second-order valence-electron chi connectivity index (χ2n) is 11.6. The molecule has 9 heteroatoms. The number of aliphatic hydroxyl groups excluding tert-OH is 2. The van der Waals surface area contributed by atoms with Gasteiger partial charge in [-0.1, -0.05) is 30.7 Å². The molecule has 0 bridgehead atoms. The minimum Gasteiger partial charge on any atom is -0.390 e. The molecule has 0 amide bonds. The lowest BCUT2D eigenvalue weighted by atomic mass is 9.45. The van der Waals surface area contributed by atoms with E-state index in [0.29, 0.717) is 17.1 Å². The van der Waals surface area contributed by atoms with Gasteiger partial charge in [0.25, 0.3) is 0 Å². The third kappa shape index (κ3) is 3.74. The summed E-state index contributed by atoms with van der Waals surface area (Å²) in [6.07, 6.45) is 0.669. The fourth-order valence-corrected chi connectivity index (χ4v) is 8.44. The largest absolute Gasteiger partial charge is 0.390 e. The maximum absolute atomic E-state index is 17.3. The van der Waals surface area contributed by atoms with E-state index in [-0.39, 0.29) is 25.0 Å². The SMILES string of the molecule is C[C@]12C[C@H](O)[C@@]3(F)[C@@H](C[C@H](F)C4=CC(=O)C=C[C@@]43C)C1C[C@@H](CN(O)c1cccc(Cl)c1)[C@@H]2C(=O)CO. The average molecular weight is 536 g/mol. The van der Waals surface area contributed by atoms with Crippen LogP contribution in [0.25, 0.3) is 0 Å². The summed E-state index contributed by atoms with van der Waals surface area (Å²) in [6.45, 7) is 2.63. The molecule has 0 saturated heterocycles. The van der Waals surface area contributed by atoms with Crippen molar-refractivity contribution < 1.29 is 33.8 Å². The van der Waals surface area contributed by atoms with Gasteiger partial charge in [-0.25, -0.2) is 8.78 Å². The highest BCUT2D eigenvalue weighted by molar-refractivity contribution is 6.30. The Morgan fingerprint density at radius 3 is 2.65 bits per heavy atom. The van der Waals surface area contributed by atoms with Crippen molar-refractivity contribution in [1.29, 1.82) is 0 Å². The Kier molecular flexibility index (Phi) is 6.42. The fourth-order valence-electron chi connectivity index (χ4n) is 8.26. The van der Waals surface area contributed by atoms with Crippen molar-refractivity contribution >= 4 is 28.9 Å². The average Bonchev–Trinajstić information content (AvgIpc) is 3.13. The van der Waals surface area contributed by atoms with Gasteiger partial charge in [0, 0.05) is 28.8 Å². The van der Waals surface area contributed by atoms with Crippen LogP contribution in [0.1, 0.15) is 33.1 Å². The van der Waals surface area contributed by atoms with Gasteiger partial charge < -0.3 is 10.2 Å². The molecule has 4 aliphatic rings. The Labute approximate surface area is 219 Å². The summed E-state index contributed by atoms with van der Waals surface area (Å²) >= 11 is 6.07. The van der Waals surface area contributed by atoms with E-state index in [9.17, 15) is 25.0 Å². The highest BCUT2D eigenvalue weighted by Crippen LogP contribution is 2.70. The van der Waals surface area contributed by atoms with Crippen molar-refractivity contribution in [2.24, 2.45) is 34.5 Å². The van der Waals surface area contributed by atoms with Crippen molar-refractivity contribution in [1.82, 2.24) is 0 Å². The number of carbonyl (C=O) groups is 2. The molecule has 0 spiro atoms. The number of alkyl halides is 2. The topological polar surface area (TPSA) is 98.1 Å². The summed E-state index contributed by atoms with van der Waals surface area (Å²) in [7, 11) is 0. The molecule has 0 heterocycles. The quantitative estimate of drug-likeness (QED) is 0.487. The Bertz CT molecular complexity index is 1190. The van der Waals surface area contributed by atoms with Gasteiger partial charge in [0.15, 0.2) is 17.2 Å². The molecule has 3 fully saturated rings. The maximum Gasteiger partial charge on any atom is 0.178 e. The van der Waals surface area contributed by atoms with E-state index < -0.39 is 70.6 Å². The Balaban J connectivity index is 1.55. The van der Waals surface area contributed by atoms with Gasteiger partial charge in [0.1, 0.15) is 12.8 Å². The van der Waals surface area contributed by atoms with Crippen molar-refractivity contribution in [3.8, 4) is 0 Å². The van der Waals surface area contributed by atoms with Gasteiger partial charge >= 0.3 is 0 Å². The van der Waals surface area contributed by atoms with Crippen molar-refractivity contribution in [2.75, 3.05) is 18.2 Å². The Hall–Kier alpha value is -2.13. The normalized spacial score (nSPS) is 42.5. The first-order valence-corrected chi connectivity index (χ1v) is 13.1. The van der Waals surface area contributed by atoms with Gasteiger partial charge in [-0.05, 0) is 79.4 Å². The molecule has 3 N–H and O–H groups in total. The van der Waals surface area contributed by atoms with Gasteiger partial charge in [0.2, 0.25) is 0 Å². The first-order chi connectivity index (χ1) is 17.4. The molecule has 4 aliphatic carbocycles. The number of hydrogen-bond donors (Lipinski definition) is 3. The number of Topliss-reactive ketones (excluding diaryl/α,β-unsaturated/α-hetero) is 1. The summed E-state index contributed by atoms with van der Waals surface area (Å²) in [4.78, 5) is 25.1. The van der Waals surface area contributed by atoms with E-state index in [1.54, 1.807) is 31.2 Å². The number of aliphatic hydroxyl groups is 2. The minimum absolute atomic E-state index is 0.0147. The van der Waals surface area contributed by atoms with Gasteiger partial charge in [0.05, 0.1) is 11.8 Å². The lowest BCUT2D eigenvalue weighted by Gasteiger charge is -2.62. The number of ketones is 2. The number of carbonyl (C=O) groups excluding carboxylic acids is 2. The molecule has 1 aromatic carbocycles. The fraction of sp³-hybridized carbons (Fsp3) is 0.571. The first kappa shape index (κ1) is 26.5. The third-order valence-electron chi connectivity index (χ3n) is 9.82. The number of hydrogen-bond acceptors (Lipinski definition) is 6. The second kappa shape index (κ2) is 8.97. The molecule has 3 saturated carbocycles. The highest BCUT2D eigenvalue weighted by Gasteiger charge is 2.73. The molecule has 37 heavy (non-hydrogen) atoms.